The highest BCUT2D eigenvalue weighted by atomic mass is 19.1. The van der Waals surface area contributed by atoms with E-state index < -0.39 is 5.82 Å². The van der Waals surface area contributed by atoms with Gasteiger partial charge < -0.3 is 15.2 Å². The van der Waals surface area contributed by atoms with E-state index in [1.807, 2.05) is 30.7 Å². The number of nitrogens with two attached hydrogens (primary N) is 1. The number of ether oxygens (including phenoxy) is 2. The molecule has 2 aromatic carbocycles. The largest absolute Gasteiger partial charge is 0.489 e. The summed E-state index contributed by atoms with van der Waals surface area (Å²) in [6.45, 7) is 6.06. The number of halogens is 1. The van der Waals surface area contributed by atoms with Crippen molar-refractivity contribution < 1.29 is 13.9 Å². The van der Waals surface area contributed by atoms with Crippen molar-refractivity contribution in [1.29, 1.82) is 0 Å². The monoisotopic (exact) mass is 485 g/mol. The lowest BCUT2D eigenvalue weighted by atomic mass is 10.1. The normalized spacial score (nSPS) is 11.2. The van der Waals surface area contributed by atoms with Crippen molar-refractivity contribution in [3.05, 3.63) is 78.4 Å². The number of aryl methyl sites for hydroxylation is 1. The van der Waals surface area contributed by atoms with Crippen molar-refractivity contribution in [2.75, 3.05) is 5.73 Å². The van der Waals surface area contributed by atoms with Gasteiger partial charge in [-0.15, -0.1) is 0 Å². The number of benzene rings is 2. The quantitative estimate of drug-likeness (QED) is 0.332. The Labute approximate surface area is 206 Å². The minimum Gasteiger partial charge on any atom is -0.489 e. The zero-order chi connectivity index (χ0) is 25.2. The molecule has 2 N–H and O–H groups in total. The van der Waals surface area contributed by atoms with Crippen molar-refractivity contribution in [3.8, 4) is 28.5 Å². The lowest BCUT2D eigenvalue weighted by molar-refractivity contribution is 0.301. The molecule has 0 unspecified atom stereocenters. The number of anilines is 1. The highest BCUT2D eigenvalue weighted by molar-refractivity contribution is 5.98. The molecule has 0 saturated carbocycles. The molecule has 0 atom stereocenters. The van der Waals surface area contributed by atoms with E-state index in [0.29, 0.717) is 45.6 Å². The molecule has 0 saturated heterocycles. The predicted octanol–water partition coefficient (Wildman–Crippen LogP) is 5.27. The molecule has 0 radical (unpaired) electrons. The lowest BCUT2D eigenvalue weighted by Crippen LogP contribution is -2.04. The summed E-state index contributed by atoms with van der Waals surface area (Å²) in [7, 11) is 0. The molecule has 9 nitrogen and oxygen atoms in total. The maximum Gasteiger partial charge on any atom is 0.164 e. The van der Waals surface area contributed by atoms with Gasteiger partial charge in [0.1, 0.15) is 53.3 Å². The Kier molecular flexibility index (Phi) is 6.16. The molecular formula is C26H24FN7O2. The molecule has 5 rings (SSSR count). The first kappa shape index (κ1) is 23.2. The van der Waals surface area contributed by atoms with Crippen LogP contribution >= 0.6 is 0 Å². The van der Waals surface area contributed by atoms with Gasteiger partial charge in [0.25, 0.3) is 0 Å². The van der Waals surface area contributed by atoms with Gasteiger partial charge >= 0.3 is 0 Å². The van der Waals surface area contributed by atoms with Crippen LogP contribution in [-0.4, -0.2) is 29.7 Å². The van der Waals surface area contributed by atoms with E-state index in [-0.39, 0.29) is 12.6 Å². The van der Waals surface area contributed by atoms with Crippen LogP contribution in [0.15, 0.2) is 61.2 Å². The number of rotatable bonds is 7. The third-order valence-corrected chi connectivity index (χ3v) is 5.46. The summed E-state index contributed by atoms with van der Waals surface area (Å²) in [6.07, 6.45) is 4.78. The van der Waals surface area contributed by atoms with Gasteiger partial charge in [0.2, 0.25) is 0 Å². The topological polar surface area (TPSA) is 114 Å². The van der Waals surface area contributed by atoms with Gasteiger partial charge in [0.15, 0.2) is 5.65 Å². The van der Waals surface area contributed by atoms with Crippen molar-refractivity contribution >= 4 is 16.9 Å². The first-order chi connectivity index (χ1) is 17.4. The van der Waals surface area contributed by atoms with Gasteiger partial charge in [-0.3, -0.25) is 0 Å². The average Bonchev–Trinajstić information content (AvgIpc) is 3.25. The Morgan fingerprint density at radius 1 is 0.944 bits per heavy atom. The van der Waals surface area contributed by atoms with Crippen LogP contribution in [0.1, 0.15) is 31.3 Å². The maximum absolute atomic E-state index is 14.2. The fourth-order valence-corrected chi connectivity index (χ4v) is 3.71. The second-order valence-electron chi connectivity index (χ2n) is 8.52. The molecule has 3 aromatic heterocycles. The minimum atomic E-state index is -0.472. The molecule has 0 aliphatic rings. The summed E-state index contributed by atoms with van der Waals surface area (Å²) >= 11 is 0. The van der Waals surface area contributed by atoms with Gasteiger partial charge in [-0.1, -0.05) is 0 Å². The highest BCUT2D eigenvalue weighted by Crippen LogP contribution is 2.33. The average molecular weight is 486 g/mol. The van der Waals surface area contributed by atoms with Gasteiger partial charge in [0.05, 0.1) is 5.39 Å². The zero-order valence-corrected chi connectivity index (χ0v) is 20.0. The van der Waals surface area contributed by atoms with Crippen molar-refractivity contribution in [2.24, 2.45) is 0 Å². The Bertz CT molecular complexity index is 1520. The highest BCUT2D eigenvalue weighted by Gasteiger charge is 2.18. The number of nitrogen functional groups attached to an aromatic ring is 1. The molecule has 36 heavy (non-hydrogen) atoms. The fourth-order valence-electron chi connectivity index (χ4n) is 3.71. The Hall–Kier alpha value is -4.60. The first-order valence-electron chi connectivity index (χ1n) is 11.4. The van der Waals surface area contributed by atoms with Crippen LogP contribution in [0.5, 0.6) is 17.2 Å². The van der Waals surface area contributed by atoms with Gasteiger partial charge in [-0.25, -0.2) is 29.0 Å². The van der Waals surface area contributed by atoms with Gasteiger partial charge in [-0.05, 0) is 45.0 Å². The van der Waals surface area contributed by atoms with Crippen LogP contribution in [0.2, 0.25) is 0 Å². The van der Waals surface area contributed by atoms with E-state index in [4.69, 9.17) is 20.3 Å². The molecule has 0 fully saturated rings. The number of hydrogen-bond donors (Lipinski definition) is 1. The van der Waals surface area contributed by atoms with Crippen molar-refractivity contribution in [3.63, 3.8) is 0 Å². The first-order valence-corrected chi connectivity index (χ1v) is 11.4. The molecule has 0 aliphatic carbocycles. The summed E-state index contributed by atoms with van der Waals surface area (Å²) < 4.78 is 27.7. The maximum atomic E-state index is 14.2. The SMILES string of the molecule is Cc1ncc(COc2cc(F)cc(Oc3ccc(-c4nn(C(C)C)c5ncnc(N)c45)cc3)c2)cn1. The third kappa shape index (κ3) is 4.78. The van der Waals surface area contributed by atoms with Crippen LogP contribution in [0.25, 0.3) is 22.3 Å². The molecule has 0 aliphatic heterocycles. The van der Waals surface area contributed by atoms with Crippen LogP contribution < -0.4 is 15.2 Å². The van der Waals surface area contributed by atoms with E-state index in [1.165, 1.54) is 18.5 Å². The smallest absolute Gasteiger partial charge is 0.164 e. The van der Waals surface area contributed by atoms with Crippen molar-refractivity contribution in [2.45, 2.75) is 33.4 Å². The molecule has 3 heterocycles. The third-order valence-electron chi connectivity index (χ3n) is 5.46. The number of fused-ring (bicyclic) bond motifs is 1. The van der Waals surface area contributed by atoms with Crippen LogP contribution in [0, 0.1) is 12.7 Å². The summed E-state index contributed by atoms with van der Waals surface area (Å²) in [6, 6.07) is 11.6. The Morgan fingerprint density at radius 2 is 1.67 bits per heavy atom. The summed E-state index contributed by atoms with van der Waals surface area (Å²) in [4.78, 5) is 16.8. The summed E-state index contributed by atoms with van der Waals surface area (Å²) in [5.74, 6) is 1.74. The van der Waals surface area contributed by atoms with Crippen LogP contribution in [0.3, 0.4) is 0 Å². The van der Waals surface area contributed by atoms with Gasteiger partial charge in [-0.2, -0.15) is 5.10 Å². The summed E-state index contributed by atoms with van der Waals surface area (Å²) in [5.41, 5.74) is 9.13. The molecule has 0 amide bonds. The van der Waals surface area contributed by atoms with Crippen LogP contribution in [-0.2, 0) is 6.61 Å². The predicted molar refractivity (Wildman–Crippen MR) is 133 cm³/mol. The second kappa shape index (κ2) is 9.57. The van der Waals surface area contributed by atoms with E-state index >= 15 is 0 Å². The summed E-state index contributed by atoms with van der Waals surface area (Å²) in [5, 5.41) is 5.43. The van der Waals surface area contributed by atoms with E-state index in [9.17, 15) is 4.39 Å². The number of aromatic nitrogens is 6. The van der Waals surface area contributed by atoms with E-state index in [0.717, 1.165) is 11.1 Å². The Morgan fingerprint density at radius 3 is 2.39 bits per heavy atom. The van der Waals surface area contributed by atoms with E-state index in [1.54, 1.807) is 37.5 Å². The van der Waals surface area contributed by atoms with Crippen molar-refractivity contribution in [1.82, 2.24) is 29.7 Å². The molecule has 5 aromatic rings. The second-order valence-corrected chi connectivity index (χ2v) is 8.52. The molecular weight excluding hydrogens is 461 g/mol. The van der Waals surface area contributed by atoms with E-state index in [2.05, 4.69) is 19.9 Å². The standard InChI is InChI=1S/C26H24FN7O2/c1-15(2)34-26-23(25(28)31-14-32-26)24(33-34)18-4-6-20(7-5-18)36-22-9-19(27)8-21(10-22)35-13-17-11-29-16(3)30-12-17/h4-12,14-15H,13H2,1-3H3,(H2,28,31,32). The van der Waals surface area contributed by atoms with Gasteiger partial charge in [0, 0.05) is 47.8 Å². The van der Waals surface area contributed by atoms with Crippen LogP contribution in [0.4, 0.5) is 10.2 Å². The molecule has 10 heteroatoms. The molecule has 0 spiro atoms. The fraction of sp³-hybridized carbons (Fsp3) is 0.192. The minimum absolute atomic E-state index is 0.0982. The molecule has 182 valence electrons. The lowest BCUT2D eigenvalue weighted by Gasteiger charge is -2.10. The number of hydrogen-bond acceptors (Lipinski definition) is 8. The Balaban J connectivity index is 1.36. The molecule has 0 bridgehead atoms. The zero-order valence-electron chi connectivity index (χ0n) is 20.0. The number of nitrogens with zero attached hydrogens (tertiary/aromatic N) is 6.